The zero-order valence-electron chi connectivity index (χ0n) is 11.2. The molecule has 1 amide bonds. The molecule has 1 aromatic carbocycles. The molecular weight excluding hydrogens is 244 g/mol. The molecule has 1 unspecified atom stereocenters. The lowest BCUT2D eigenvalue weighted by molar-refractivity contribution is -0.125. The van der Waals surface area contributed by atoms with Crippen LogP contribution in [0.4, 0.5) is 11.4 Å². The number of anilines is 2. The van der Waals surface area contributed by atoms with Crippen LogP contribution in [0.15, 0.2) is 18.2 Å². The van der Waals surface area contributed by atoms with E-state index < -0.39 is 6.10 Å². The molecule has 19 heavy (non-hydrogen) atoms. The number of Topliss-reactive ketones (excluding diaryl/α,β-unsaturated/α-hetero) is 1. The molecule has 0 aliphatic carbocycles. The Morgan fingerprint density at radius 1 is 1.47 bits per heavy atom. The van der Waals surface area contributed by atoms with Gasteiger partial charge in [-0.3, -0.25) is 4.79 Å². The fourth-order valence-electron chi connectivity index (χ4n) is 2.14. The number of ether oxygens (including phenoxy) is 1. The van der Waals surface area contributed by atoms with Gasteiger partial charge < -0.3 is 20.2 Å². The standard InChI is InChI=1S/C14H18N2O3/c1-9(17)4-3-7-16-12-8-11(15)5-6-13(12)19-10(2)14(16)18/h5-6,8,10H,3-4,7,15H2,1-2H3. The van der Waals surface area contributed by atoms with E-state index in [9.17, 15) is 9.59 Å². The van der Waals surface area contributed by atoms with Gasteiger partial charge in [0.25, 0.3) is 5.91 Å². The van der Waals surface area contributed by atoms with E-state index in [4.69, 9.17) is 10.5 Å². The summed E-state index contributed by atoms with van der Waals surface area (Å²) in [5, 5.41) is 0. The summed E-state index contributed by atoms with van der Waals surface area (Å²) in [6.45, 7) is 3.78. The van der Waals surface area contributed by atoms with Gasteiger partial charge in [-0.05, 0) is 38.5 Å². The zero-order chi connectivity index (χ0) is 14.0. The number of hydrogen-bond acceptors (Lipinski definition) is 4. The maximum atomic E-state index is 12.2. The SMILES string of the molecule is CC(=O)CCCN1C(=O)C(C)Oc2ccc(N)cc21. The molecule has 5 nitrogen and oxygen atoms in total. The first-order valence-corrected chi connectivity index (χ1v) is 6.36. The van der Waals surface area contributed by atoms with Crippen LogP contribution in [0.1, 0.15) is 26.7 Å². The first kappa shape index (κ1) is 13.4. The lowest BCUT2D eigenvalue weighted by Crippen LogP contribution is -2.45. The normalized spacial score (nSPS) is 17.9. The van der Waals surface area contributed by atoms with Crippen molar-refractivity contribution >= 4 is 23.1 Å². The van der Waals surface area contributed by atoms with Crippen LogP contribution in [0, 0.1) is 0 Å². The Bertz CT molecular complexity index is 513. The number of ketones is 1. The molecule has 5 heteroatoms. The van der Waals surface area contributed by atoms with Gasteiger partial charge >= 0.3 is 0 Å². The molecule has 0 radical (unpaired) electrons. The molecule has 0 spiro atoms. The first-order valence-electron chi connectivity index (χ1n) is 6.36. The van der Waals surface area contributed by atoms with E-state index in [1.165, 1.54) is 0 Å². The van der Waals surface area contributed by atoms with Gasteiger partial charge in [0.15, 0.2) is 6.10 Å². The van der Waals surface area contributed by atoms with Gasteiger partial charge in [0.05, 0.1) is 5.69 Å². The number of fused-ring (bicyclic) bond motifs is 1. The molecule has 1 aromatic rings. The van der Waals surface area contributed by atoms with Gasteiger partial charge in [-0.1, -0.05) is 0 Å². The highest BCUT2D eigenvalue weighted by atomic mass is 16.5. The molecule has 0 bridgehead atoms. The number of carbonyl (C=O) groups excluding carboxylic acids is 2. The van der Waals surface area contributed by atoms with Gasteiger partial charge in [0.2, 0.25) is 0 Å². The van der Waals surface area contributed by atoms with Gasteiger partial charge in [0, 0.05) is 18.7 Å². The van der Waals surface area contributed by atoms with E-state index >= 15 is 0 Å². The lowest BCUT2D eigenvalue weighted by Gasteiger charge is -2.33. The van der Waals surface area contributed by atoms with Crippen LogP contribution >= 0.6 is 0 Å². The van der Waals surface area contributed by atoms with Crippen molar-refractivity contribution in [2.45, 2.75) is 32.8 Å². The van der Waals surface area contributed by atoms with Crippen LogP contribution in [0.3, 0.4) is 0 Å². The third-order valence-electron chi connectivity index (χ3n) is 3.10. The second kappa shape index (κ2) is 5.30. The van der Waals surface area contributed by atoms with Crippen molar-refractivity contribution in [3.63, 3.8) is 0 Å². The lowest BCUT2D eigenvalue weighted by atomic mass is 10.1. The molecule has 2 rings (SSSR count). The Morgan fingerprint density at radius 2 is 2.21 bits per heavy atom. The Labute approximate surface area is 112 Å². The summed E-state index contributed by atoms with van der Waals surface area (Å²) in [7, 11) is 0. The van der Waals surface area contributed by atoms with Gasteiger partial charge in [-0.25, -0.2) is 0 Å². The number of hydrogen-bond donors (Lipinski definition) is 1. The Balaban J connectivity index is 2.23. The number of rotatable bonds is 4. The zero-order valence-corrected chi connectivity index (χ0v) is 11.2. The number of amides is 1. The summed E-state index contributed by atoms with van der Waals surface area (Å²) in [5.74, 6) is 0.687. The molecule has 1 heterocycles. The van der Waals surface area contributed by atoms with E-state index in [2.05, 4.69) is 0 Å². The fraction of sp³-hybridized carbons (Fsp3) is 0.429. The average molecular weight is 262 g/mol. The van der Waals surface area contributed by atoms with Crippen molar-refractivity contribution in [1.82, 2.24) is 0 Å². The van der Waals surface area contributed by atoms with Crippen LogP contribution < -0.4 is 15.4 Å². The third kappa shape index (κ3) is 2.86. The number of nitrogens with two attached hydrogens (primary N) is 1. The Morgan fingerprint density at radius 3 is 2.89 bits per heavy atom. The summed E-state index contributed by atoms with van der Waals surface area (Å²) in [6.07, 6.45) is 0.604. The second-order valence-electron chi connectivity index (χ2n) is 4.78. The molecule has 1 aliphatic heterocycles. The van der Waals surface area contributed by atoms with Crippen molar-refractivity contribution < 1.29 is 14.3 Å². The summed E-state index contributed by atoms with van der Waals surface area (Å²) in [6, 6.07) is 5.24. The molecule has 2 N–H and O–H groups in total. The number of nitrogens with zero attached hydrogens (tertiary/aromatic N) is 1. The van der Waals surface area contributed by atoms with E-state index in [1.807, 2.05) is 0 Å². The minimum Gasteiger partial charge on any atom is -0.479 e. The molecular formula is C14H18N2O3. The Hall–Kier alpha value is -2.04. The summed E-state index contributed by atoms with van der Waals surface area (Å²) < 4.78 is 5.54. The van der Waals surface area contributed by atoms with Crippen molar-refractivity contribution in [3.05, 3.63) is 18.2 Å². The summed E-state index contributed by atoms with van der Waals surface area (Å²) >= 11 is 0. The minimum atomic E-state index is -0.506. The van der Waals surface area contributed by atoms with E-state index in [0.29, 0.717) is 36.5 Å². The molecule has 0 saturated heterocycles. The number of nitrogen functional groups attached to an aromatic ring is 1. The van der Waals surface area contributed by atoms with Crippen LogP contribution in [0.25, 0.3) is 0 Å². The molecule has 1 atom stereocenters. The predicted molar refractivity (Wildman–Crippen MR) is 73.2 cm³/mol. The van der Waals surface area contributed by atoms with Crippen molar-refractivity contribution in [1.29, 1.82) is 0 Å². The van der Waals surface area contributed by atoms with Crippen molar-refractivity contribution in [2.75, 3.05) is 17.2 Å². The molecule has 102 valence electrons. The van der Waals surface area contributed by atoms with Crippen LogP contribution in [-0.2, 0) is 9.59 Å². The molecule has 0 saturated carbocycles. The first-order chi connectivity index (χ1) is 8.99. The number of benzene rings is 1. The summed E-state index contributed by atoms with van der Waals surface area (Å²) in [4.78, 5) is 24.8. The molecule has 0 fully saturated rings. The van der Waals surface area contributed by atoms with E-state index in [-0.39, 0.29) is 11.7 Å². The smallest absolute Gasteiger partial charge is 0.267 e. The van der Waals surface area contributed by atoms with Gasteiger partial charge in [0.1, 0.15) is 11.5 Å². The van der Waals surface area contributed by atoms with E-state index in [1.54, 1.807) is 36.9 Å². The quantitative estimate of drug-likeness (QED) is 0.839. The van der Waals surface area contributed by atoms with E-state index in [0.717, 1.165) is 0 Å². The molecule has 1 aliphatic rings. The van der Waals surface area contributed by atoms with Crippen LogP contribution in [0.5, 0.6) is 5.75 Å². The third-order valence-corrected chi connectivity index (χ3v) is 3.10. The van der Waals surface area contributed by atoms with Crippen LogP contribution in [-0.4, -0.2) is 24.3 Å². The van der Waals surface area contributed by atoms with Gasteiger partial charge in [-0.15, -0.1) is 0 Å². The average Bonchev–Trinajstić information content (AvgIpc) is 2.34. The molecule has 0 aromatic heterocycles. The maximum absolute atomic E-state index is 12.2. The highest BCUT2D eigenvalue weighted by Gasteiger charge is 2.31. The minimum absolute atomic E-state index is 0.0957. The van der Waals surface area contributed by atoms with Crippen molar-refractivity contribution in [2.24, 2.45) is 0 Å². The Kier molecular flexibility index (Phi) is 3.74. The number of carbonyl (C=O) groups is 2. The van der Waals surface area contributed by atoms with Crippen LogP contribution in [0.2, 0.25) is 0 Å². The summed E-state index contributed by atoms with van der Waals surface area (Å²) in [5.41, 5.74) is 7.02. The largest absolute Gasteiger partial charge is 0.479 e. The maximum Gasteiger partial charge on any atom is 0.267 e. The van der Waals surface area contributed by atoms with Crippen molar-refractivity contribution in [3.8, 4) is 5.75 Å². The predicted octanol–water partition coefficient (Wildman–Crippen LogP) is 1.75. The van der Waals surface area contributed by atoms with Gasteiger partial charge in [-0.2, -0.15) is 0 Å². The highest BCUT2D eigenvalue weighted by Crippen LogP contribution is 2.35. The monoisotopic (exact) mass is 262 g/mol. The topological polar surface area (TPSA) is 72.6 Å². The second-order valence-corrected chi connectivity index (χ2v) is 4.78. The highest BCUT2D eigenvalue weighted by molar-refractivity contribution is 6.00. The fourth-order valence-corrected chi connectivity index (χ4v) is 2.14.